The number of anilines is 5. The van der Waals surface area contributed by atoms with Gasteiger partial charge in [-0.2, -0.15) is 10.1 Å². The number of nitrogens with zero attached hydrogens (tertiary/aromatic N) is 4. The largest absolute Gasteiger partial charge is 0.444 e. The van der Waals surface area contributed by atoms with E-state index in [1.165, 1.54) is 0 Å². The molecule has 0 aliphatic heterocycles. The van der Waals surface area contributed by atoms with Gasteiger partial charge in [-0.1, -0.05) is 12.1 Å². The van der Waals surface area contributed by atoms with Crippen LogP contribution in [0.25, 0.3) is 10.9 Å². The van der Waals surface area contributed by atoms with Crippen LogP contribution in [0.5, 0.6) is 0 Å². The highest BCUT2D eigenvalue weighted by molar-refractivity contribution is 5.91. The Bertz CT molecular complexity index is 1240. The summed E-state index contributed by atoms with van der Waals surface area (Å²) in [7, 11) is 1.86. The molecule has 9 nitrogen and oxygen atoms in total. The van der Waals surface area contributed by atoms with Gasteiger partial charge in [0.2, 0.25) is 5.95 Å². The van der Waals surface area contributed by atoms with Crippen molar-refractivity contribution in [3.8, 4) is 0 Å². The number of hydrogen-bond acceptors (Lipinski definition) is 7. The van der Waals surface area contributed by atoms with Crippen LogP contribution in [0.2, 0.25) is 0 Å². The van der Waals surface area contributed by atoms with Gasteiger partial charge in [-0.05, 0) is 57.2 Å². The lowest BCUT2D eigenvalue weighted by molar-refractivity contribution is 0.0636. The monoisotopic (exact) mass is 431 g/mol. The topological polar surface area (TPSA) is 106 Å². The minimum atomic E-state index is -0.555. The van der Waals surface area contributed by atoms with Gasteiger partial charge in [-0.15, -0.1) is 0 Å². The first kappa shape index (κ1) is 21.1. The van der Waals surface area contributed by atoms with Crippen LogP contribution in [0.1, 0.15) is 20.8 Å². The van der Waals surface area contributed by atoms with Gasteiger partial charge in [0, 0.05) is 29.9 Å². The van der Waals surface area contributed by atoms with Crippen LogP contribution in [0.15, 0.2) is 60.8 Å². The smallest absolute Gasteiger partial charge is 0.412 e. The second-order valence-electron chi connectivity index (χ2n) is 8.21. The van der Waals surface area contributed by atoms with Gasteiger partial charge in [-0.25, -0.2) is 9.78 Å². The zero-order chi connectivity index (χ0) is 22.7. The van der Waals surface area contributed by atoms with Crippen LogP contribution >= 0.6 is 0 Å². The van der Waals surface area contributed by atoms with Crippen molar-refractivity contribution in [3.05, 3.63) is 60.8 Å². The van der Waals surface area contributed by atoms with Crippen molar-refractivity contribution in [2.45, 2.75) is 26.4 Å². The molecule has 164 valence electrons. The van der Waals surface area contributed by atoms with Gasteiger partial charge in [0.05, 0.1) is 11.7 Å². The fourth-order valence-electron chi connectivity index (χ4n) is 3.03. The molecular formula is C23H25N7O2. The van der Waals surface area contributed by atoms with Gasteiger partial charge in [-0.3, -0.25) is 10.00 Å². The Labute approximate surface area is 185 Å². The second-order valence-corrected chi connectivity index (χ2v) is 8.21. The Balaban J connectivity index is 1.54. The van der Waals surface area contributed by atoms with E-state index in [1.807, 2.05) is 70.3 Å². The predicted molar refractivity (Wildman–Crippen MR) is 126 cm³/mol. The molecule has 2 heterocycles. The van der Waals surface area contributed by atoms with Crippen molar-refractivity contribution < 1.29 is 9.53 Å². The minimum absolute atomic E-state index is 0.446. The molecule has 0 saturated heterocycles. The van der Waals surface area contributed by atoms with Gasteiger partial charge in [0.25, 0.3) is 0 Å². The summed E-state index contributed by atoms with van der Waals surface area (Å²) in [5.74, 6) is 1.93. The molecule has 0 saturated carbocycles. The van der Waals surface area contributed by atoms with E-state index in [2.05, 4.69) is 31.0 Å². The summed E-state index contributed by atoms with van der Waals surface area (Å²) in [6.45, 7) is 5.46. The Morgan fingerprint density at radius 1 is 0.938 bits per heavy atom. The van der Waals surface area contributed by atoms with Gasteiger partial charge in [0.15, 0.2) is 0 Å². The lowest BCUT2D eigenvalue weighted by atomic mass is 10.2. The Morgan fingerprint density at radius 2 is 1.66 bits per heavy atom. The number of aromatic nitrogens is 4. The van der Waals surface area contributed by atoms with Crippen molar-refractivity contribution >= 4 is 46.0 Å². The molecule has 0 bridgehead atoms. The van der Waals surface area contributed by atoms with Crippen LogP contribution in [-0.4, -0.2) is 31.4 Å². The number of hydrogen-bond donors (Lipinski definition) is 3. The van der Waals surface area contributed by atoms with Crippen molar-refractivity contribution in [3.63, 3.8) is 0 Å². The molecule has 0 aliphatic rings. The van der Waals surface area contributed by atoms with E-state index >= 15 is 0 Å². The highest BCUT2D eigenvalue weighted by atomic mass is 16.6. The number of fused-ring (bicyclic) bond motifs is 1. The standard InChI is InChI=1S/C23H25N7O2/c1-23(2,3)32-22(31)26-16-11-9-15(10-12-16)25-21-27-18-8-6-5-7-17(18)20(29-21)28-19-13-14-24-30(19)4/h5-14H,1-4H3,(H,26,31)(H2,25,27,28,29). The number of carbonyl (C=O) groups is 1. The number of ether oxygens (including phenoxy) is 1. The van der Waals surface area contributed by atoms with E-state index < -0.39 is 11.7 Å². The molecule has 0 spiro atoms. The first-order valence-corrected chi connectivity index (χ1v) is 10.2. The zero-order valence-electron chi connectivity index (χ0n) is 18.4. The summed E-state index contributed by atoms with van der Waals surface area (Å²) < 4.78 is 7.01. The molecule has 4 aromatic rings. The third kappa shape index (κ3) is 5.12. The van der Waals surface area contributed by atoms with E-state index in [1.54, 1.807) is 23.0 Å². The fourth-order valence-corrected chi connectivity index (χ4v) is 3.03. The summed E-state index contributed by atoms with van der Waals surface area (Å²) in [5, 5.41) is 14.3. The lowest BCUT2D eigenvalue weighted by Gasteiger charge is -2.19. The third-order valence-corrected chi connectivity index (χ3v) is 4.46. The molecule has 2 aromatic carbocycles. The first-order valence-electron chi connectivity index (χ1n) is 10.2. The summed E-state index contributed by atoms with van der Waals surface area (Å²) in [6, 6.07) is 16.9. The summed E-state index contributed by atoms with van der Waals surface area (Å²) in [6.07, 6.45) is 1.22. The molecular weight excluding hydrogens is 406 g/mol. The van der Waals surface area contributed by atoms with E-state index in [9.17, 15) is 4.79 Å². The average Bonchev–Trinajstić information content (AvgIpc) is 3.12. The molecule has 4 rings (SSSR count). The Kier molecular flexibility index (Phi) is 5.63. The van der Waals surface area contributed by atoms with Crippen LogP contribution < -0.4 is 16.0 Å². The van der Waals surface area contributed by atoms with Crippen molar-refractivity contribution in [1.29, 1.82) is 0 Å². The second kappa shape index (κ2) is 8.54. The summed E-state index contributed by atoms with van der Waals surface area (Å²) in [4.78, 5) is 21.2. The lowest BCUT2D eigenvalue weighted by Crippen LogP contribution is -2.27. The quantitative estimate of drug-likeness (QED) is 0.399. The predicted octanol–water partition coefficient (Wildman–Crippen LogP) is 5.20. The van der Waals surface area contributed by atoms with Crippen molar-refractivity contribution in [2.24, 2.45) is 7.05 Å². The molecule has 0 unspecified atom stereocenters. The fraction of sp³-hybridized carbons (Fsp3) is 0.217. The number of rotatable bonds is 5. The number of aryl methyl sites for hydroxylation is 1. The highest BCUT2D eigenvalue weighted by Gasteiger charge is 2.16. The molecule has 3 N–H and O–H groups in total. The highest BCUT2D eigenvalue weighted by Crippen LogP contribution is 2.26. The van der Waals surface area contributed by atoms with Gasteiger partial charge < -0.3 is 15.4 Å². The number of nitrogens with one attached hydrogen (secondary N) is 3. The van der Waals surface area contributed by atoms with Gasteiger partial charge in [0.1, 0.15) is 17.2 Å². The van der Waals surface area contributed by atoms with Gasteiger partial charge >= 0.3 is 6.09 Å². The molecule has 0 fully saturated rings. The van der Waals surface area contributed by atoms with E-state index in [-0.39, 0.29) is 0 Å². The van der Waals surface area contributed by atoms with Crippen LogP contribution in [0.3, 0.4) is 0 Å². The molecule has 9 heteroatoms. The Morgan fingerprint density at radius 3 is 2.34 bits per heavy atom. The van der Waals surface area contributed by atoms with Crippen molar-refractivity contribution in [1.82, 2.24) is 19.7 Å². The van der Waals surface area contributed by atoms with Crippen LogP contribution in [0.4, 0.5) is 33.8 Å². The molecule has 0 atom stereocenters. The van der Waals surface area contributed by atoms with E-state index in [0.717, 1.165) is 22.4 Å². The minimum Gasteiger partial charge on any atom is -0.444 e. The molecule has 0 radical (unpaired) electrons. The normalized spacial score (nSPS) is 11.2. The van der Waals surface area contributed by atoms with E-state index in [4.69, 9.17) is 4.74 Å². The molecule has 2 aromatic heterocycles. The van der Waals surface area contributed by atoms with E-state index in [0.29, 0.717) is 17.5 Å². The SMILES string of the molecule is Cn1nccc1Nc1nc(Nc2ccc(NC(=O)OC(C)(C)C)cc2)nc2ccccc12. The molecule has 32 heavy (non-hydrogen) atoms. The van der Waals surface area contributed by atoms with Crippen molar-refractivity contribution in [2.75, 3.05) is 16.0 Å². The summed E-state index contributed by atoms with van der Waals surface area (Å²) >= 11 is 0. The first-order chi connectivity index (χ1) is 15.3. The third-order valence-electron chi connectivity index (χ3n) is 4.46. The summed E-state index contributed by atoms with van der Waals surface area (Å²) in [5.41, 5.74) is 1.66. The van der Waals surface area contributed by atoms with Crippen LogP contribution in [-0.2, 0) is 11.8 Å². The molecule has 1 amide bonds. The number of carbonyl (C=O) groups excluding carboxylic acids is 1. The number of benzene rings is 2. The molecule has 0 aliphatic carbocycles. The number of para-hydroxylation sites is 1. The maximum atomic E-state index is 11.9. The average molecular weight is 432 g/mol. The van der Waals surface area contributed by atoms with Crippen LogP contribution in [0, 0.1) is 0 Å². The maximum Gasteiger partial charge on any atom is 0.412 e. The Hall–Kier alpha value is -4.14. The number of amides is 1. The zero-order valence-corrected chi connectivity index (χ0v) is 18.4. The maximum absolute atomic E-state index is 11.9.